The highest BCUT2D eigenvalue weighted by atomic mass is 19.1. The summed E-state index contributed by atoms with van der Waals surface area (Å²) < 4.78 is 14.4. The van der Waals surface area contributed by atoms with Gasteiger partial charge < -0.3 is 16.0 Å². The van der Waals surface area contributed by atoms with Gasteiger partial charge in [-0.1, -0.05) is 31.0 Å². The number of rotatable bonds is 4. The van der Waals surface area contributed by atoms with Crippen LogP contribution >= 0.6 is 0 Å². The molecule has 2 aliphatic heterocycles. The van der Waals surface area contributed by atoms with Gasteiger partial charge in [0.15, 0.2) is 0 Å². The normalized spacial score (nSPS) is 26.9. The molecule has 3 N–H and O–H groups in total. The van der Waals surface area contributed by atoms with Crippen molar-refractivity contribution in [3.05, 3.63) is 35.6 Å². The molecular formula is C21H30FN3O. The summed E-state index contributed by atoms with van der Waals surface area (Å²) >= 11 is 0. The van der Waals surface area contributed by atoms with Gasteiger partial charge in [0.05, 0.1) is 6.04 Å². The van der Waals surface area contributed by atoms with Crippen molar-refractivity contribution in [1.29, 1.82) is 0 Å². The Bertz CT molecular complexity index is 650. The highest BCUT2D eigenvalue weighted by molar-refractivity contribution is 5.82. The van der Waals surface area contributed by atoms with Crippen LogP contribution in [0.1, 0.15) is 50.5 Å². The number of benzene rings is 1. The quantitative estimate of drug-likeness (QED) is 0.774. The average Bonchev–Trinajstić information content (AvgIpc) is 3.29. The molecule has 1 amide bonds. The van der Waals surface area contributed by atoms with E-state index in [9.17, 15) is 9.18 Å². The zero-order valence-corrected chi connectivity index (χ0v) is 15.5. The first-order valence-corrected chi connectivity index (χ1v) is 10.1. The second-order valence-electron chi connectivity index (χ2n) is 8.57. The number of carbonyl (C=O) groups excluding carboxylic acids is 1. The van der Waals surface area contributed by atoms with Crippen LogP contribution in [0.5, 0.6) is 0 Å². The predicted octanol–water partition coefficient (Wildman–Crippen LogP) is 2.49. The topological polar surface area (TPSA) is 53.2 Å². The van der Waals surface area contributed by atoms with Crippen LogP contribution in [0, 0.1) is 11.2 Å². The summed E-state index contributed by atoms with van der Waals surface area (Å²) in [4.78, 5) is 12.8. The van der Waals surface area contributed by atoms with E-state index in [1.54, 1.807) is 6.07 Å². The van der Waals surface area contributed by atoms with Gasteiger partial charge in [0.2, 0.25) is 5.91 Å². The first kappa shape index (κ1) is 17.9. The average molecular weight is 359 g/mol. The van der Waals surface area contributed by atoms with Gasteiger partial charge in [0.25, 0.3) is 0 Å². The maximum absolute atomic E-state index is 14.4. The van der Waals surface area contributed by atoms with E-state index in [2.05, 4.69) is 16.0 Å². The van der Waals surface area contributed by atoms with Crippen LogP contribution in [0.25, 0.3) is 0 Å². The van der Waals surface area contributed by atoms with Crippen LogP contribution in [0.15, 0.2) is 24.3 Å². The minimum atomic E-state index is -0.244. The van der Waals surface area contributed by atoms with Gasteiger partial charge in [0.1, 0.15) is 5.82 Å². The zero-order chi connectivity index (χ0) is 18.0. The Morgan fingerprint density at radius 3 is 2.62 bits per heavy atom. The van der Waals surface area contributed by atoms with Gasteiger partial charge in [-0.15, -0.1) is 0 Å². The molecule has 0 bridgehead atoms. The Kier molecular flexibility index (Phi) is 5.02. The molecule has 0 aromatic heterocycles. The second-order valence-corrected chi connectivity index (χ2v) is 8.57. The number of hydrogen-bond donors (Lipinski definition) is 3. The molecule has 5 heteroatoms. The summed E-state index contributed by atoms with van der Waals surface area (Å²) in [5, 5.41) is 10.0. The Morgan fingerprint density at radius 2 is 1.88 bits per heavy atom. The van der Waals surface area contributed by atoms with E-state index < -0.39 is 0 Å². The summed E-state index contributed by atoms with van der Waals surface area (Å²) in [6, 6.07) is 6.97. The summed E-state index contributed by atoms with van der Waals surface area (Å²) in [7, 11) is 0. The molecule has 1 saturated carbocycles. The number of nitrogens with one attached hydrogen (secondary N) is 3. The highest BCUT2D eigenvalue weighted by Gasteiger charge is 2.43. The molecule has 26 heavy (non-hydrogen) atoms. The molecule has 142 valence electrons. The van der Waals surface area contributed by atoms with Gasteiger partial charge in [-0.05, 0) is 62.2 Å². The molecule has 2 heterocycles. The SMILES string of the molecule is O=C(NCC1(c2ccccc2F)CCCC1)C1CC2(CCNCC2)CN1. The van der Waals surface area contributed by atoms with E-state index in [1.165, 1.54) is 6.07 Å². The Hall–Kier alpha value is -1.46. The fourth-order valence-electron chi connectivity index (χ4n) is 5.30. The lowest BCUT2D eigenvalue weighted by Crippen LogP contribution is -2.46. The van der Waals surface area contributed by atoms with Crippen LogP contribution in [0.4, 0.5) is 4.39 Å². The molecular weight excluding hydrogens is 329 g/mol. The van der Waals surface area contributed by atoms with Crippen molar-refractivity contribution in [2.75, 3.05) is 26.2 Å². The highest BCUT2D eigenvalue weighted by Crippen LogP contribution is 2.42. The molecule has 1 aromatic carbocycles. The Balaban J connectivity index is 1.41. The fraction of sp³-hybridized carbons (Fsp3) is 0.667. The molecule has 2 saturated heterocycles. The number of hydrogen-bond acceptors (Lipinski definition) is 3. The van der Waals surface area contributed by atoms with Gasteiger partial charge in [0, 0.05) is 18.5 Å². The standard InChI is InChI=1S/C21H30FN3O/c22-17-6-2-1-5-16(17)21(7-3-4-8-21)15-25-19(26)18-13-20(14-24-18)9-11-23-12-10-20/h1-2,5-6,18,23-24H,3-4,7-15H2,(H,25,26). The van der Waals surface area contributed by atoms with Crippen LogP contribution in [-0.4, -0.2) is 38.1 Å². The van der Waals surface area contributed by atoms with Gasteiger partial charge in [-0.25, -0.2) is 4.39 Å². The van der Waals surface area contributed by atoms with E-state index in [0.29, 0.717) is 6.54 Å². The van der Waals surface area contributed by atoms with E-state index in [-0.39, 0.29) is 28.6 Å². The summed E-state index contributed by atoms with van der Waals surface area (Å²) in [5.41, 5.74) is 0.808. The minimum Gasteiger partial charge on any atom is -0.354 e. The Morgan fingerprint density at radius 1 is 1.15 bits per heavy atom. The molecule has 1 aliphatic carbocycles. The predicted molar refractivity (Wildman–Crippen MR) is 101 cm³/mol. The minimum absolute atomic E-state index is 0.0861. The number of halogens is 1. The fourth-order valence-corrected chi connectivity index (χ4v) is 5.30. The van der Waals surface area contributed by atoms with E-state index in [4.69, 9.17) is 0 Å². The monoisotopic (exact) mass is 359 g/mol. The molecule has 4 rings (SSSR count). The molecule has 0 radical (unpaired) electrons. The zero-order valence-electron chi connectivity index (χ0n) is 15.5. The summed E-state index contributed by atoms with van der Waals surface area (Å²) in [6.07, 6.45) is 7.30. The molecule has 3 aliphatic rings. The molecule has 1 atom stereocenters. The molecule has 4 nitrogen and oxygen atoms in total. The van der Waals surface area contributed by atoms with Crippen molar-refractivity contribution in [1.82, 2.24) is 16.0 Å². The van der Waals surface area contributed by atoms with E-state index in [1.807, 2.05) is 12.1 Å². The number of piperidine rings is 1. The van der Waals surface area contributed by atoms with Gasteiger partial charge in [-0.2, -0.15) is 0 Å². The third kappa shape index (κ3) is 3.39. The molecule has 1 aromatic rings. The van der Waals surface area contributed by atoms with Crippen molar-refractivity contribution in [2.24, 2.45) is 5.41 Å². The van der Waals surface area contributed by atoms with Crippen LogP contribution in [0.3, 0.4) is 0 Å². The summed E-state index contributed by atoms with van der Waals surface area (Å²) in [6.45, 7) is 3.57. The molecule has 1 unspecified atom stereocenters. The van der Waals surface area contributed by atoms with Crippen molar-refractivity contribution in [3.8, 4) is 0 Å². The Labute approximate surface area is 155 Å². The van der Waals surface area contributed by atoms with Crippen molar-refractivity contribution < 1.29 is 9.18 Å². The molecule has 1 spiro atoms. The van der Waals surface area contributed by atoms with Crippen molar-refractivity contribution in [2.45, 2.75) is 56.4 Å². The maximum Gasteiger partial charge on any atom is 0.237 e. The third-order valence-corrected chi connectivity index (χ3v) is 6.95. The first-order chi connectivity index (χ1) is 12.6. The van der Waals surface area contributed by atoms with Crippen LogP contribution in [0.2, 0.25) is 0 Å². The smallest absolute Gasteiger partial charge is 0.237 e. The third-order valence-electron chi connectivity index (χ3n) is 6.95. The van der Waals surface area contributed by atoms with Crippen molar-refractivity contribution in [3.63, 3.8) is 0 Å². The lowest BCUT2D eigenvalue weighted by atomic mass is 9.77. The number of carbonyl (C=O) groups is 1. The maximum atomic E-state index is 14.4. The number of amides is 1. The lowest BCUT2D eigenvalue weighted by Gasteiger charge is -2.33. The van der Waals surface area contributed by atoms with Crippen LogP contribution < -0.4 is 16.0 Å². The molecule has 3 fully saturated rings. The second kappa shape index (κ2) is 7.28. The summed E-state index contributed by atoms with van der Waals surface area (Å²) in [5.74, 6) is -0.0562. The van der Waals surface area contributed by atoms with E-state index >= 15 is 0 Å². The van der Waals surface area contributed by atoms with Gasteiger partial charge >= 0.3 is 0 Å². The van der Waals surface area contributed by atoms with Crippen LogP contribution in [-0.2, 0) is 10.2 Å². The largest absolute Gasteiger partial charge is 0.354 e. The first-order valence-electron chi connectivity index (χ1n) is 10.1. The lowest BCUT2D eigenvalue weighted by molar-refractivity contribution is -0.123. The van der Waals surface area contributed by atoms with E-state index in [0.717, 1.165) is 70.1 Å². The van der Waals surface area contributed by atoms with Crippen molar-refractivity contribution >= 4 is 5.91 Å². The van der Waals surface area contributed by atoms with Gasteiger partial charge in [-0.3, -0.25) is 4.79 Å².